The monoisotopic (exact) mass is 271 g/mol. The summed E-state index contributed by atoms with van der Waals surface area (Å²) < 4.78 is 0. The average molecular weight is 271 g/mol. The van der Waals surface area contributed by atoms with Crippen molar-refractivity contribution in [3.63, 3.8) is 0 Å². The molecule has 20 heavy (non-hydrogen) atoms. The van der Waals surface area contributed by atoms with Crippen LogP contribution in [0.1, 0.15) is 24.2 Å². The standard InChI is InChI=1S/C16H21N3O/c1-11(2)10-19(4)16(20)14-9-18-15(17-3)13-8-6-5-7-12(13)14/h5-9,11H,10H2,1-4H3,(H,17,18). The normalized spacial score (nSPS) is 10.8. The van der Waals surface area contributed by atoms with E-state index in [1.54, 1.807) is 11.1 Å². The van der Waals surface area contributed by atoms with Gasteiger partial charge >= 0.3 is 0 Å². The number of carbonyl (C=O) groups is 1. The number of amides is 1. The fraction of sp³-hybridized carbons (Fsp3) is 0.375. The van der Waals surface area contributed by atoms with Crippen molar-refractivity contribution in [2.45, 2.75) is 13.8 Å². The lowest BCUT2D eigenvalue weighted by molar-refractivity contribution is 0.0781. The summed E-state index contributed by atoms with van der Waals surface area (Å²) in [6, 6.07) is 7.85. The third-order valence-corrected chi connectivity index (χ3v) is 3.25. The van der Waals surface area contributed by atoms with Crippen LogP contribution < -0.4 is 5.32 Å². The van der Waals surface area contributed by atoms with Crippen LogP contribution in [0.25, 0.3) is 10.8 Å². The molecule has 4 nitrogen and oxygen atoms in total. The summed E-state index contributed by atoms with van der Waals surface area (Å²) in [5, 5.41) is 4.97. The number of rotatable bonds is 4. The maximum absolute atomic E-state index is 12.6. The Morgan fingerprint density at radius 2 is 1.95 bits per heavy atom. The molecule has 1 amide bonds. The van der Waals surface area contributed by atoms with Gasteiger partial charge in [-0.3, -0.25) is 4.79 Å². The van der Waals surface area contributed by atoms with Crippen molar-refractivity contribution in [1.29, 1.82) is 0 Å². The van der Waals surface area contributed by atoms with Gasteiger partial charge in [0, 0.05) is 32.2 Å². The Morgan fingerprint density at radius 3 is 2.55 bits per heavy atom. The summed E-state index contributed by atoms with van der Waals surface area (Å²) in [4.78, 5) is 18.7. The number of carbonyl (C=O) groups excluding carboxylic acids is 1. The minimum atomic E-state index is 0.0186. The highest BCUT2D eigenvalue weighted by atomic mass is 16.2. The van der Waals surface area contributed by atoms with Gasteiger partial charge in [0.1, 0.15) is 5.82 Å². The Labute approximate surface area is 119 Å². The van der Waals surface area contributed by atoms with E-state index in [1.165, 1.54) is 0 Å². The van der Waals surface area contributed by atoms with Crippen molar-refractivity contribution >= 4 is 22.5 Å². The summed E-state index contributed by atoms with van der Waals surface area (Å²) in [6.07, 6.45) is 1.66. The largest absolute Gasteiger partial charge is 0.373 e. The second-order valence-corrected chi connectivity index (χ2v) is 5.40. The number of nitrogens with one attached hydrogen (secondary N) is 1. The van der Waals surface area contributed by atoms with Crippen LogP contribution >= 0.6 is 0 Å². The van der Waals surface area contributed by atoms with E-state index >= 15 is 0 Å². The summed E-state index contributed by atoms with van der Waals surface area (Å²) >= 11 is 0. The Bertz CT molecular complexity index is 622. The second kappa shape index (κ2) is 5.90. The summed E-state index contributed by atoms with van der Waals surface area (Å²) in [5.41, 5.74) is 0.655. The predicted octanol–water partition coefficient (Wildman–Crippen LogP) is 3.00. The van der Waals surface area contributed by atoms with Crippen molar-refractivity contribution in [3.05, 3.63) is 36.0 Å². The molecule has 0 aliphatic heterocycles. The maximum Gasteiger partial charge on any atom is 0.255 e. The van der Waals surface area contributed by atoms with Crippen molar-refractivity contribution in [2.75, 3.05) is 26.0 Å². The first-order chi connectivity index (χ1) is 9.54. The Kier molecular flexibility index (Phi) is 4.23. The van der Waals surface area contributed by atoms with Crippen LogP contribution in [0.3, 0.4) is 0 Å². The average Bonchev–Trinajstić information content (AvgIpc) is 2.44. The first kappa shape index (κ1) is 14.3. The molecule has 0 saturated carbocycles. The minimum Gasteiger partial charge on any atom is -0.373 e. The fourth-order valence-electron chi connectivity index (χ4n) is 2.40. The van der Waals surface area contributed by atoms with E-state index in [2.05, 4.69) is 24.1 Å². The zero-order valence-corrected chi connectivity index (χ0v) is 12.5. The predicted molar refractivity (Wildman–Crippen MR) is 83.1 cm³/mol. The minimum absolute atomic E-state index is 0.0186. The number of anilines is 1. The highest BCUT2D eigenvalue weighted by molar-refractivity contribution is 6.09. The van der Waals surface area contributed by atoms with E-state index in [1.807, 2.05) is 38.4 Å². The lowest BCUT2D eigenvalue weighted by Gasteiger charge is -2.20. The third-order valence-electron chi connectivity index (χ3n) is 3.25. The molecule has 0 radical (unpaired) electrons. The number of benzene rings is 1. The number of hydrogen-bond acceptors (Lipinski definition) is 3. The van der Waals surface area contributed by atoms with Gasteiger partial charge in [0.15, 0.2) is 0 Å². The SMILES string of the molecule is CNc1ncc(C(=O)N(C)CC(C)C)c2ccccc12. The number of fused-ring (bicyclic) bond motifs is 1. The van der Waals surface area contributed by atoms with Crippen molar-refractivity contribution in [2.24, 2.45) is 5.92 Å². The molecule has 0 unspecified atom stereocenters. The van der Waals surface area contributed by atoms with E-state index in [4.69, 9.17) is 0 Å². The highest BCUT2D eigenvalue weighted by Gasteiger charge is 2.17. The van der Waals surface area contributed by atoms with Gasteiger partial charge in [0.05, 0.1) is 5.56 Å². The Balaban J connectivity index is 2.47. The van der Waals surface area contributed by atoms with Crippen LogP contribution in [-0.2, 0) is 0 Å². The zero-order valence-electron chi connectivity index (χ0n) is 12.5. The molecule has 2 rings (SSSR count). The molecule has 1 aromatic heterocycles. The summed E-state index contributed by atoms with van der Waals surface area (Å²) in [6.45, 7) is 4.94. The van der Waals surface area contributed by atoms with E-state index in [-0.39, 0.29) is 5.91 Å². The molecule has 0 aliphatic rings. The lowest BCUT2D eigenvalue weighted by Crippen LogP contribution is -2.30. The number of nitrogens with zero attached hydrogens (tertiary/aromatic N) is 2. The first-order valence-electron chi connectivity index (χ1n) is 6.85. The topological polar surface area (TPSA) is 45.2 Å². The molecule has 0 fully saturated rings. The van der Waals surface area contributed by atoms with Gasteiger partial charge < -0.3 is 10.2 Å². The van der Waals surface area contributed by atoms with Crippen LogP contribution in [-0.4, -0.2) is 36.4 Å². The Morgan fingerprint density at radius 1 is 1.30 bits per heavy atom. The molecule has 106 valence electrons. The lowest BCUT2D eigenvalue weighted by atomic mass is 10.1. The van der Waals surface area contributed by atoms with Gasteiger partial charge in [0.2, 0.25) is 0 Å². The van der Waals surface area contributed by atoms with Gasteiger partial charge in [-0.25, -0.2) is 4.98 Å². The van der Waals surface area contributed by atoms with Gasteiger partial charge in [-0.2, -0.15) is 0 Å². The molecule has 0 atom stereocenters. The molecular formula is C16H21N3O. The van der Waals surface area contributed by atoms with E-state index in [0.29, 0.717) is 11.5 Å². The zero-order chi connectivity index (χ0) is 14.7. The molecule has 1 aromatic carbocycles. The number of aromatic nitrogens is 1. The van der Waals surface area contributed by atoms with Crippen molar-refractivity contribution in [3.8, 4) is 0 Å². The Hall–Kier alpha value is -2.10. The van der Waals surface area contributed by atoms with Crippen molar-refractivity contribution in [1.82, 2.24) is 9.88 Å². The smallest absolute Gasteiger partial charge is 0.255 e. The van der Waals surface area contributed by atoms with E-state index in [9.17, 15) is 4.79 Å². The summed E-state index contributed by atoms with van der Waals surface area (Å²) in [7, 11) is 3.67. The van der Waals surface area contributed by atoms with E-state index < -0.39 is 0 Å². The summed E-state index contributed by atoms with van der Waals surface area (Å²) in [5.74, 6) is 1.26. The fourth-order valence-corrected chi connectivity index (χ4v) is 2.40. The van der Waals surface area contributed by atoms with Crippen LogP contribution in [0.5, 0.6) is 0 Å². The molecule has 1 heterocycles. The first-order valence-corrected chi connectivity index (χ1v) is 6.85. The van der Waals surface area contributed by atoms with Crippen LogP contribution in [0.15, 0.2) is 30.5 Å². The molecule has 0 saturated heterocycles. The molecular weight excluding hydrogens is 250 g/mol. The van der Waals surface area contributed by atoms with Gasteiger partial charge in [0.25, 0.3) is 5.91 Å². The van der Waals surface area contributed by atoms with Crippen molar-refractivity contribution < 1.29 is 4.79 Å². The second-order valence-electron chi connectivity index (χ2n) is 5.40. The molecule has 2 aromatic rings. The van der Waals surface area contributed by atoms with Crippen LogP contribution in [0.4, 0.5) is 5.82 Å². The maximum atomic E-state index is 12.6. The van der Waals surface area contributed by atoms with Crippen LogP contribution in [0, 0.1) is 5.92 Å². The third kappa shape index (κ3) is 2.74. The molecule has 0 spiro atoms. The number of pyridine rings is 1. The molecule has 4 heteroatoms. The molecule has 0 aliphatic carbocycles. The number of hydrogen-bond donors (Lipinski definition) is 1. The van der Waals surface area contributed by atoms with Gasteiger partial charge in [-0.05, 0) is 11.3 Å². The molecule has 1 N–H and O–H groups in total. The van der Waals surface area contributed by atoms with Gasteiger partial charge in [-0.15, -0.1) is 0 Å². The molecule has 0 bridgehead atoms. The van der Waals surface area contributed by atoms with Crippen LogP contribution in [0.2, 0.25) is 0 Å². The highest BCUT2D eigenvalue weighted by Crippen LogP contribution is 2.24. The quantitative estimate of drug-likeness (QED) is 0.929. The van der Waals surface area contributed by atoms with E-state index in [0.717, 1.165) is 23.1 Å². The van der Waals surface area contributed by atoms with Gasteiger partial charge in [-0.1, -0.05) is 38.1 Å².